The lowest BCUT2D eigenvalue weighted by Gasteiger charge is -2.51. The predicted molar refractivity (Wildman–Crippen MR) is 76.1 cm³/mol. The van der Waals surface area contributed by atoms with Gasteiger partial charge in [0, 0.05) is 18.6 Å². The molecule has 1 saturated carbocycles. The number of rotatable bonds is 5. The summed E-state index contributed by atoms with van der Waals surface area (Å²) in [7, 11) is 0. The van der Waals surface area contributed by atoms with Gasteiger partial charge in [-0.15, -0.1) is 0 Å². The number of hydrogen-bond acceptors (Lipinski definition) is 2. The molecule has 1 unspecified atom stereocenters. The van der Waals surface area contributed by atoms with E-state index in [1.165, 1.54) is 32.2 Å². The Kier molecular flexibility index (Phi) is 5.03. The molecule has 0 aromatic rings. The van der Waals surface area contributed by atoms with Gasteiger partial charge in [0.1, 0.15) is 0 Å². The van der Waals surface area contributed by atoms with E-state index in [0.29, 0.717) is 5.41 Å². The lowest BCUT2D eigenvalue weighted by Crippen LogP contribution is -2.58. The van der Waals surface area contributed by atoms with Crippen LogP contribution < -0.4 is 5.73 Å². The van der Waals surface area contributed by atoms with E-state index in [0.717, 1.165) is 19.0 Å². The van der Waals surface area contributed by atoms with E-state index in [9.17, 15) is 0 Å². The predicted octanol–water partition coefficient (Wildman–Crippen LogP) is 3.26. The van der Waals surface area contributed by atoms with Crippen LogP contribution in [0.5, 0.6) is 0 Å². The molecule has 0 radical (unpaired) electrons. The van der Waals surface area contributed by atoms with Gasteiger partial charge >= 0.3 is 0 Å². The maximum Gasteiger partial charge on any atom is 0.0336 e. The maximum atomic E-state index is 6.17. The molecule has 1 atom stereocenters. The van der Waals surface area contributed by atoms with Crippen molar-refractivity contribution in [1.29, 1.82) is 0 Å². The van der Waals surface area contributed by atoms with E-state index in [-0.39, 0.29) is 5.54 Å². The highest BCUT2D eigenvalue weighted by molar-refractivity contribution is 4.99. The maximum absolute atomic E-state index is 6.17. The molecular formula is C15H32N2. The Morgan fingerprint density at radius 2 is 1.88 bits per heavy atom. The molecule has 0 aromatic carbocycles. The van der Waals surface area contributed by atoms with Crippen LogP contribution in [0.2, 0.25) is 0 Å². The minimum Gasteiger partial charge on any atom is -0.329 e. The first-order valence-corrected chi connectivity index (χ1v) is 7.30. The van der Waals surface area contributed by atoms with Crippen LogP contribution in [0.15, 0.2) is 0 Å². The molecule has 2 nitrogen and oxygen atoms in total. The van der Waals surface area contributed by atoms with Crippen LogP contribution in [0, 0.1) is 11.3 Å². The van der Waals surface area contributed by atoms with E-state index in [1.807, 2.05) is 0 Å². The van der Waals surface area contributed by atoms with E-state index < -0.39 is 0 Å². The van der Waals surface area contributed by atoms with Crippen LogP contribution in [-0.4, -0.2) is 30.1 Å². The summed E-state index contributed by atoms with van der Waals surface area (Å²) in [4.78, 5) is 2.65. The van der Waals surface area contributed by atoms with Crippen LogP contribution in [0.1, 0.15) is 60.3 Å². The molecule has 0 heterocycles. The fourth-order valence-corrected chi connectivity index (χ4v) is 3.64. The van der Waals surface area contributed by atoms with Crippen molar-refractivity contribution in [1.82, 2.24) is 4.90 Å². The largest absolute Gasteiger partial charge is 0.329 e. The van der Waals surface area contributed by atoms with Crippen molar-refractivity contribution in [2.24, 2.45) is 17.1 Å². The molecule has 1 fully saturated rings. The molecule has 1 aliphatic carbocycles. The molecule has 0 saturated heterocycles. The van der Waals surface area contributed by atoms with Gasteiger partial charge in [-0.2, -0.15) is 0 Å². The summed E-state index contributed by atoms with van der Waals surface area (Å²) in [6.45, 7) is 14.8. The van der Waals surface area contributed by atoms with Gasteiger partial charge in [-0.25, -0.2) is 0 Å². The summed E-state index contributed by atoms with van der Waals surface area (Å²) in [5, 5.41) is 0. The van der Waals surface area contributed by atoms with Crippen molar-refractivity contribution >= 4 is 0 Å². The summed E-state index contributed by atoms with van der Waals surface area (Å²) in [6, 6.07) is 0. The third-order valence-corrected chi connectivity index (χ3v) is 4.32. The standard InChI is InChI=1S/C15H32N2/c1-6-17(10-13(2)3)15(12-16)9-7-8-14(4,5)11-15/h13H,6-12,16H2,1-5H3. The third kappa shape index (κ3) is 3.69. The Bertz CT molecular complexity index is 235. The average Bonchev–Trinajstić information content (AvgIpc) is 2.24. The van der Waals surface area contributed by atoms with Gasteiger partial charge in [0.25, 0.3) is 0 Å². The SMILES string of the molecule is CCN(CC(C)C)C1(CN)CCCC(C)(C)C1. The Morgan fingerprint density at radius 3 is 2.29 bits per heavy atom. The fourth-order valence-electron chi connectivity index (χ4n) is 3.64. The number of likely N-dealkylation sites (N-methyl/N-ethyl adjacent to an activating group) is 1. The minimum atomic E-state index is 0.265. The minimum absolute atomic E-state index is 0.265. The molecule has 1 aliphatic rings. The fraction of sp³-hybridized carbons (Fsp3) is 1.00. The first-order valence-electron chi connectivity index (χ1n) is 7.30. The van der Waals surface area contributed by atoms with Crippen molar-refractivity contribution in [3.8, 4) is 0 Å². The highest BCUT2D eigenvalue weighted by Gasteiger charge is 2.42. The van der Waals surface area contributed by atoms with Gasteiger partial charge in [0.05, 0.1) is 0 Å². The zero-order valence-electron chi connectivity index (χ0n) is 12.6. The van der Waals surface area contributed by atoms with Crippen LogP contribution >= 0.6 is 0 Å². The Hall–Kier alpha value is -0.0800. The Morgan fingerprint density at radius 1 is 1.24 bits per heavy atom. The molecule has 0 amide bonds. The van der Waals surface area contributed by atoms with Crippen molar-refractivity contribution < 1.29 is 0 Å². The summed E-state index contributed by atoms with van der Waals surface area (Å²) in [5.41, 5.74) is 6.89. The average molecular weight is 240 g/mol. The van der Waals surface area contributed by atoms with Crippen LogP contribution in [0.25, 0.3) is 0 Å². The molecule has 2 N–H and O–H groups in total. The summed E-state index contributed by atoms with van der Waals surface area (Å²) in [6.07, 6.45) is 5.23. The van der Waals surface area contributed by atoms with Crippen molar-refractivity contribution in [3.05, 3.63) is 0 Å². The lowest BCUT2D eigenvalue weighted by atomic mass is 9.67. The van der Waals surface area contributed by atoms with Crippen LogP contribution in [0.3, 0.4) is 0 Å². The molecule has 0 bridgehead atoms. The molecule has 0 aliphatic heterocycles. The Labute approximate surface area is 108 Å². The smallest absolute Gasteiger partial charge is 0.0336 e. The second-order valence-electron chi connectivity index (χ2n) is 7.06. The second kappa shape index (κ2) is 5.71. The first-order chi connectivity index (χ1) is 7.85. The zero-order valence-corrected chi connectivity index (χ0v) is 12.6. The molecule has 17 heavy (non-hydrogen) atoms. The molecule has 2 heteroatoms. The topological polar surface area (TPSA) is 29.3 Å². The molecule has 0 spiro atoms. The van der Waals surface area contributed by atoms with Crippen molar-refractivity contribution in [2.45, 2.75) is 65.8 Å². The quantitative estimate of drug-likeness (QED) is 0.799. The molecule has 1 rings (SSSR count). The summed E-state index contributed by atoms with van der Waals surface area (Å²) in [5.74, 6) is 0.725. The normalized spacial score (nSPS) is 28.9. The van der Waals surface area contributed by atoms with Gasteiger partial charge in [-0.1, -0.05) is 41.0 Å². The van der Waals surface area contributed by atoms with Crippen LogP contribution in [-0.2, 0) is 0 Å². The van der Waals surface area contributed by atoms with Gasteiger partial charge in [0.2, 0.25) is 0 Å². The third-order valence-electron chi connectivity index (χ3n) is 4.32. The molecular weight excluding hydrogens is 208 g/mol. The first kappa shape index (κ1) is 15.0. The van der Waals surface area contributed by atoms with Gasteiger partial charge in [-0.3, -0.25) is 4.90 Å². The zero-order chi connectivity index (χ0) is 13.1. The van der Waals surface area contributed by atoms with Gasteiger partial charge in [-0.05, 0) is 37.1 Å². The van der Waals surface area contributed by atoms with Crippen molar-refractivity contribution in [3.63, 3.8) is 0 Å². The van der Waals surface area contributed by atoms with E-state index >= 15 is 0 Å². The number of nitrogens with two attached hydrogens (primary N) is 1. The summed E-state index contributed by atoms with van der Waals surface area (Å²) >= 11 is 0. The number of nitrogens with zero attached hydrogens (tertiary/aromatic N) is 1. The number of hydrogen-bond donors (Lipinski definition) is 1. The lowest BCUT2D eigenvalue weighted by molar-refractivity contribution is 0.00615. The van der Waals surface area contributed by atoms with E-state index in [2.05, 4.69) is 39.5 Å². The monoisotopic (exact) mass is 240 g/mol. The Balaban J connectivity index is 2.84. The summed E-state index contributed by atoms with van der Waals surface area (Å²) < 4.78 is 0. The van der Waals surface area contributed by atoms with Gasteiger partial charge < -0.3 is 5.73 Å². The molecule has 0 aromatic heterocycles. The highest BCUT2D eigenvalue weighted by atomic mass is 15.2. The van der Waals surface area contributed by atoms with E-state index in [4.69, 9.17) is 5.73 Å². The molecule has 102 valence electrons. The second-order valence-corrected chi connectivity index (χ2v) is 7.06. The van der Waals surface area contributed by atoms with Crippen LogP contribution in [0.4, 0.5) is 0 Å². The highest BCUT2D eigenvalue weighted by Crippen LogP contribution is 2.43. The van der Waals surface area contributed by atoms with E-state index in [1.54, 1.807) is 0 Å². The van der Waals surface area contributed by atoms with Gasteiger partial charge in [0.15, 0.2) is 0 Å². The van der Waals surface area contributed by atoms with Crippen molar-refractivity contribution in [2.75, 3.05) is 19.6 Å².